The number of ether oxygens (including phenoxy) is 2. The number of carbonyl (C=O) groups excluding carboxylic acids is 1. The molecule has 1 aliphatic heterocycles. The maximum atomic E-state index is 13.1. The van der Waals surface area contributed by atoms with Crippen LogP contribution < -0.4 is 14.8 Å². The van der Waals surface area contributed by atoms with Crippen molar-refractivity contribution in [2.75, 3.05) is 14.2 Å². The molecule has 1 heterocycles. The molecule has 27 heavy (non-hydrogen) atoms. The second-order valence-corrected chi connectivity index (χ2v) is 8.71. The lowest BCUT2D eigenvalue weighted by Crippen LogP contribution is -2.46. The van der Waals surface area contributed by atoms with E-state index in [1.807, 2.05) is 50.2 Å². The highest BCUT2D eigenvalue weighted by Crippen LogP contribution is 2.43. The van der Waals surface area contributed by atoms with Gasteiger partial charge in [-0.1, -0.05) is 45.7 Å². The maximum absolute atomic E-state index is 13.1. The number of carbonyl (C=O) groups is 1. The molecule has 1 saturated heterocycles. The van der Waals surface area contributed by atoms with Crippen LogP contribution in [0.1, 0.15) is 37.1 Å². The van der Waals surface area contributed by atoms with Gasteiger partial charge >= 0.3 is 0 Å². The van der Waals surface area contributed by atoms with Crippen LogP contribution >= 0.6 is 31.9 Å². The standard InChI is InChI=1S/C21H23Br2NO3/c1-11-19(15-9-13(22)5-7-17(15)26-3)24-20(12(2)21(11)25)16-10-14(23)6-8-18(16)27-4/h5-12,19-20,24H,1-4H3/t11-,12-,19-,20+/m0/s1. The minimum Gasteiger partial charge on any atom is -0.496 e. The lowest BCUT2D eigenvalue weighted by molar-refractivity contribution is -0.130. The van der Waals surface area contributed by atoms with Crippen LogP contribution in [0.25, 0.3) is 0 Å². The first-order valence-electron chi connectivity index (χ1n) is 8.84. The zero-order valence-electron chi connectivity index (χ0n) is 15.8. The third-order valence-electron chi connectivity index (χ3n) is 5.31. The molecule has 1 N–H and O–H groups in total. The van der Waals surface area contributed by atoms with Crippen LogP contribution in [0.3, 0.4) is 0 Å². The zero-order chi connectivity index (χ0) is 19.7. The molecule has 1 fully saturated rings. The molecule has 144 valence electrons. The third-order valence-corrected chi connectivity index (χ3v) is 6.30. The Balaban J connectivity index is 2.08. The van der Waals surface area contributed by atoms with E-state index < -0.39 is 0 Å². The Hall–Kier alpha value is -1.37. The second-order valence-electron chi connectivity index (χ2n) is 6.87. The Morgan fingerprint density at radius 3 is 1.59 bits per heavy atom. The normalized spacial score (nSPS) is 25.3. The molecule has 4 atom stereocenters. The van der Waals surface area contributed by atoms with E-state index in [1.54, 1.807) is 14.2 Å². The smallest absolute Gasteiger partial charge is 0.142 e. The van der Waals surface area contributed by atoms with Gasteiger partial charge in [0.15, 0.2) is 0 Å². The topological polar surface area (TPSA) is 47.6 Å². The second kappa shape index (κ2) is 8.33. The van der Waals surface area contributed by atoms with E-state index in [1.165, 1.54) is 0 Å². The van der Waals surface area contributed by atoms with E-state index in [4.69, 9.17) is 9.47 Å². The van der Waals surface area contributed by atoms with Gasteiger partial charge in [-0.15, -0.1) is 0 Å². The molecule has 4 nitrogen and oxygen atoms in total. The molecule has 0 aliphatic carbocycles. The molecule has 3 rings (SSSR count). The van der Waals surface area contributed by atoms with Crippen molar-refractivity contribution in [3.05, 3.63) is 56.5 Å². The Labute approximate surface area is 176 Å². The molecule has 0 spiro atoms. The average Bonchev–Trinajstić information content (AvgIpc) is 2.66. The molecule has 0 radical (unpaired) electrons. The van der Waals surface area contributed by atoms with Crippen molar-refractivity contribution in [2.24, 2.45) is 11.8 Å². The molecule has 0 aromatic heterocycles. The van der Waals surface area contributed by atoms with Crippen LogP contribution in [-0.4, -0.2) is 20.0 Å². The van der Waals surface area contributed by atoms with E-state index in [9.17, 15) is 4.79 Å². The molecule has 0 unspecified atom stereocenters. The summed E-state index contributed by atoms with van der Waals surface area (Å²) >= 11 is 7.07. The van der Waals surface area contributed by atoms with Crippen molar-refractivity contribution in [1.82, 2.24) is 5.32 Å². The predicted octanol–water partition coefficient (Wildman–Crippen LogP) is 5.46. The van der Waals surface area contributed by atoms with Gasteiger partial charge in [0, 0.05) is 44.0 Å². The van der Waals surface area contributed by atoms with Crippen molar-refractivity contribution in [1.29, 1.82) is 0 Å². The van der Waals surface area contributed by atoms with E-state index in [0.717, 1.165) is 31.6 Å². The van der Waals surface area contributed by atoms with Gasteiger partial charge < -0.3 is 14.8 Å². The monoisotopic (exact) mass is 495 g/mol. The van der Waals surface area contributed by atoms with Crippen molar-refractivity contribution in [3.63, 3.8) is 0 Å². The fraction of sp³-hybridized carbons (Fsp3) is 0.381. The number of ketones is 1. The predicted molar refractivity (Wildman–Crippen MR) is 113 cm³/mol. The van der Waals surface area contributed by atoms with Crippen molar-refractivity contribution >= 4 is 37.6 Å². The number of Topliss-reactive ketones (excluding diaryl/α,β-unsaturated/α-hetero) is 1. The van der Waals surface area contributed by atoms with Gasteiger partial charge in [0.2, 0.25) is 0 Å². The van der Waals surface area contributed by atoms with Crippen LogP contribution in [0.2, 0.25) is 0 Å². The van der Waals surface area contributed by atoms with Gasteiger partial charge in [-0.2, -0.15) is 0 Å². The van der Waals surface area contributed by atoms with Crippen molar-refractivity contribution in [3.8, 4) is 11.5 Å². The molecule has 0 bridgehead atoms. The first-order valence-corrected chi connectivity index (χ1v) is 10.4. The molecule has 1 aliphatic rings. The first kappa shape index (κ1) is 20.4. The molecular formula is C21H23Br2NO3. The highest BCUT2D eigenvalue weighted by Gasteiger charge is 2.42. The third kappa shape index (κ3) is 3.93. The number of nitrogens with one attached hydrogen (secondary N) is 1. The number of methoxy groups -OCH3 is 2. The van der Waals surface area contributed by atoms with E-state index in [-0.39, 0.29) is 29.7 Å². The number of hydrogen-bond donors (Lipinski definition) is 1. The lowest BCUT2D eigenvalue weighted by atomic mass is 9.76. The quantitative estimate of drug-likeness (QED) is 0.610. The van der Waals surface area contributed by atoms with E-state index in [2.05, 4.69) is 37.2 Å². The highest BCUT2D eigenvalue weighted by molar-refractivity contribution is 9.10. The number of halogens is 2. The SMILES string of the molecule is COc1ccc(Br)cc1[C@H]1N[C@@H](c2cc(Br)ccc2OC)[C@H](C)C(=O)[C@H]1C. The van der Waals surface area contributed by atoms with E-state index in [0.29, 0.717) is 0 Å². The van der Waals surface area contributed by atoms with Crippen molar-refractivity contribution in [2.45, 2.75) is 25.9 Å². The molecule has 2 aromatic carbocycles. The largest absolute Gasteiger partial charge is 0.496 e. The van der Waals surface area contributed by atoms with Crippen LogP contribution in [0.5, 0.6) is 11.5 Å². The summed E-state index contributed by atoms with van der Waals surface area (Å²) < 4.78 is 13.0. The summed E-state index contributed by atoms with van der Waals surface area (Å²) in [6, 6.07) is 11.4. The number of benzene rings is 2. The van der Waals surface area contributed by atoms with Gasteiger partial charge in [0.25, 0.3) is 0 Å². The Morgan fingerprint density at radius 1 is 0.815 bits per heavy atom. The molecule has 2 aromatic rings. The van der Waals surface area contributed by atoms with Gasteiger partial charge in [-0.05, 0) is 36.4 Å². The van der Waals surface area contributed by atoms with E-state index >= 15 is 0 Å². The fourth-order valence-corrected chi connectivity index (χ4v) is 4.60. The van der Waals surface area contributed by atoms with Crippen LogP contribution in [-0.2, 0) is 4.79 Å². The van der Waals surface area contributed by atoms with Gasteiger partial charge in [0.05, 0.1) is 14.2 Å². The van der Waals surface area contributed by atoms with Crippen LogP contribution in [0.15, 0.2) is 45.3 Å². The lowest BCUT2D eigenvalue weighted by Gasteiger charge is -2.40. The zero-order valence-corrected chi connectivity index (χ0v) is 18.9. The number of rotatable bonds is 4. The average molecular weight is 497 g/mol. The summed E-state index contributed by atoms with van der Waals surface area (Å²) in [4.78, 5) is 13.1. The van der Waals surface area contributed by atoms with Crippen LogP contribution in [0.4, 0.5) is 0 Å². The minimum absolute atomic E-state index is 0.158. The summed E-state index contributed by atoms with van der Waals surface area (Å²) in [5.41, 5.74) is 1.94. The summed E-state index contributed by atoms with van der Waals surface area (Å²) in [6.07, 6.45) is 0. The fourth-order valence-electron chi connectivity index (χ4n) is 3.84. The summed E-state index contributed by atoms with van der Waals surface area (Å²) in [5.74, 6) is 1.43. The Bertz CT molecular complexity index is 788. The highest BCUT2D eigenvalue weighted by atomic mass is 79.9. The first-order chi connectivity index (χ1) is 12.9. The summed E-state index contributed by atoms with van der Waals surface area (Å²) in [7, 11) is 3.30. The molecule has 0 amide bonds. The number of piperidine rings is 1. The van der Waals surface area contributed by atoms with Crippen LogP contribution in [0, 0.1) is 11.8 Å². The molecular weight excluding hydrogens is 474 g/mol. The molecule has 6 heteroatoms. The maximum Gasteiger partial charge on any atom is 0.142 e. The van der Waals surface area contributed by atoms with Crippen molar-refractivity contribution < 1.29 is 14.3 Å². The van der Waals surface area contributed by atoms with Gasteiger partial charge in [-0.3, -0.25) is 4.79 Å². The Kier molecular flexibility index (Phi) is 6.28. The minimum atomic E-state index is -0.169. The molecule has 0 saturated carbocycles. The number of hydrogen-bond acceptors (Lipinski definition) is 4. The Morgan fingerprint density at radius 2 is 1.22 bits per heavy atom. The van der Waals surface area contributed by atoms with Gasteiger partial charge in [0.1, 0.15) is 17.3 Å². The summed E-state index contributed by atoms with van der Waals surface area (Å²) in [5, 5.41) is 3.70. The summed E-state index contributed by atoms with van der Waals surface area (Å²) in [6.45, 7) is 3.95. The van der Waals surface area contributed by atoms with Gasteiger partial charge in [-0.25, -0.2) is 0 Å².